The molecule has 0 amide bonds. The van der Waals surface area contributed by atoms with Gasteiger partial charge in [0, 0.05) is 20.1 Å². The van der Waals surface area contributed by atoms with Crippen LogP contribution in [-0.4, -0.2) is 38.8 Å². The van der Waals surface area contributed by atoms with Gasteiger partial charge < -0.3 is 14.6 Å². The first-order valence-electron chi connectivity index (χ1n) is 7.90. The van der Waals surface area contributed by atoms with Crippen molar-refractivity contribution in [3.05, 3.63) is 11.6 Å². The van der Waals surface area contributed by atoms with Crippen LogP contribution in [0.1, 0.15) is 32.6 Å². The van der Waals surface area contributed by atoms with Crippen LogP contribution in [-0.2, 0) is 9.47 Å². The molecule has 0 unspecified atom stereocenters. The Morgan fingerprint density at radius 1 is 1.35 bits per heavy atom. The molecule has 0 bridgehead atoms. The van der Waals surface area contributed by atoms with Crippen molar-refractivity contribution in [2.75, 3.05) is 13.4 Å². The minimum absolute atomic E-state index is 0.126. The minimum Gasteiger partial charge on any atom is -0.389 e. The van der Waals surface area contributed by atoms with Crippen LogP contribution in [0.2, 0.25) is 25.7 Å². The van der Waals surface area contributed by atoms with Crippen molar-refractivity contribution in [1.82, 2.24) is 0 Å². The van der Waals surface area contributed by atoms with Gasteiger partial charge in [-0.1, -0.05) is 38.2 Å². The van der Waals surface area contributed by atoms with Gasteiger partial charge >= 0.3 is 0 Å². The van der Waals surface area contributed by atoms with E-state index >= 15 is 0 Å². The van der Waals surface area contributed by atoms with Crippen molar-refractivity contribution in [2.24, 2.45) is 5.41 Å². The summed E-state index contributed by atoms with van der Waals surface area (Å²) in [5.41, 5.74) is 1.52. The molecule has 1 fully saturated rings. The number of hydrogen-bond acceptors (Lipinski definition) is 3. The molecule has 0 aromatic heterocycles. The zero-order valence-electron chi connectivity index (χ0n) is 13.4. The van der Waals surface area contributed by atoms with Gasteiger partial charge in [-0.2, -0.15) is 0 Å². The molecule has 0 aromatic carbocycles. The Kier molecular flexibility index (Phi) is 5.11. The summed E-state index contributed by atoms with van der Waals surface area (Å²) in [4.78, 5) is 0. The van der Waals surface area contributed by atoms with E-state index in [4.69, 9.17) is 9.47 Å². The Morgan fingerprint density at radius 2 is 2.10 bits per heavy atom. The summed E-state index contributed by atoms with van der Waals surface area (Å²) in [6.07, 6.45) is 6.08. The second-order valence-electron chi connectivity index (χ2n) is 7.75. The van der Waals surface area contributed by atoms with Gasteiger partial charge in [0.05, 0.1) is 12.2 Å². The summed E-state index contributed by atoms with van der Waals surface area (Å²) in [6, 6.07) is 1.19. The Morgan fingerprint density at radius 3 is 2.80 bits per heavy atom. The molecule has 0 spiro atoms. The maximum Gasteiger partial charge on any atom is 0.147 e. The molecule has 2 aliphatic rings. The number of aliphatic hydroxyl groups excluding tert-OH is 1. The van der Waals surface area contributed by atoms with Gasteiger partial charge in [0.15, 0.2) is 0 Å². The summed E-state index contributed by atoms with van der Waals surface area (Å²) in [5.74, 6) is 0. The molecule has 0 saturated heterocycles. The largest absolute Gasteiger partial charge is 0.389 e. The van der Waals surface area contributed by atoms with Crippen LogP contribution in [0.3, 0.4) is 0 Å². The number of hydrogen-bond donors (Lipinski definition) is 1. The number of rotatable bonds is 6. The predicted molar refractivity (Wildman–Crippen MR) is 84.5 cm³/mol. The second-order valence-corrected chi connectivity index (χ2v) is 13.4. The first-order valence-corrected chi connectivity index (χ1v) is 11.6. The molecule has 1 N–H and O–H groups in total. The fourth-order valence-corrected chi connectivity index (χ4v) is 4.05. The van der Waals surface area contributed by atoms with Gasteiger partial charge in [-0.25, -0.2) is 0 Å². The predicted octanol–water partition coefficient (Wildman–Crippen LogP) is 3.57. The summed E-state index contributed by atoms with van der Waals surface area (Å²) in [5, 5.41) is 9.74. The van der Waals surface area contributed by atoms with Gasteiger partial charge in [0.1, 0.15) is 6.79 Å². The highest BCUT2D eigenvalue weighted by molar-refractivity contribution is 6.76. The van der Waals surface area contributed by atoms with E-state index in [0.717, 1.165) is 32.3 Å². The molecule has 1 saturated carbocycles. The van der Waals surface area contributed by atoms with E-state index in [-0.39, 0.29) is 17.6 Å². The van der Waals surface area contributed by atoms with Crippen LogP contribution in [0.5, 0.6) is 0 Å². The van der Waals surface area contributed by atoms with Crippen molar-refractivity contribution in [3.8, 4) is 0 Å². The molecule has 0 aliphatic heterocycles. The third-order valence-electron chi connectivity index (χ3n) is 4.82. The first kappa shape index (κ1) is 16.2. The van der Waals surface area contributed by atoms with Gasteiger partial charge in [-0.3, -0.25) is 0 Å². The Balaban J connectivity index is 1.76. The Bertz CT molecular complexity index is 361. The molecule has 0 heterocycles. The van der Waals surface area contributed by atoms with E-state index in [0.29, 0.717) is 6.79 Å². The van der Waals surface area contributed by atoms with E-state index < -0.39 is 8.07 Å². The van der Waals surface area contributed by atoms with Crippen molar-refractivity contribution >= 4 is 8.07 Å². The van der Waals surface area contributed by atoms with Crippen LogP contribution < -0.4 is 0 Å². The van der Waals surface area contributed by atoms with Crippen molar-refractivity contribution < 1.29 is 14.6 Å². The first-order chi connectivity index (χ1) is 9.31. The standard InChI is InChI=1S/C16H30O3Si/c1-16-8-7-14(17)11-13(16)5-6-15(16)19-12-18-9-10-20(2,3)4/h11,14-15,17H,5-10,12H2,1-4H3/t14-,15-,16-/m0/s1. The second kappa shape index (κ2) is 6.30. The average Bonchev–Trinajstić information content (AvgIpc) is 2.65. The lowest BCUT2D eigenvalue weighted by Crippen LogP contribution is -2.35. The van der Waals surface area contributed by atoms with Gasteiger partial charge in [0.2, 0.25) is 0 Å². The van der Waals surface area contributed by atoms with Crippen molar-refractivity contribution in [2.45, 2.75) is 70.5 Å². The third-order valence-corrected chi connectivity index (χ3v) is 6.53. The van der Waals surface area contributed by atoms with E-state index in [9.17, 15) is 5.11 Å². The fourth-order valence-electron chi connectivity index (χ4n) is 3.29. The molecular weight excluding hydrogens is 268 g/mol. The fraction of sp³-hybridized carbons (Fsp3) is 0.875. The molecule has 3 atom stereocenters. The Hall–Kier alpha value is -0.163. The highest BCUT2D eigenvalue weighted by Gasteiger charge is 2.45. The molecule has 116 valence electrons. The number of fused-ring (bicyclic) bond motifs is 1. The molecule has 4 heteroatoms. The maximum absolute atomic E-state index is 9.74. The van der Waals surface area contributed by atoms with Crippen molar-refractivity contribution in [1.29, 1.82) is 0 Å². The maximum atomic E-state index is 9.74. The lowest BCUT2D eigenvalue weighted by molar-refractivity contribution is -0.114. The van der Waals surface area contributed by atoms with Crippen LogP contribution >= 0.6 is 0 Å². The highest BCUT2D eigenvalue weighted by atomic mass is 28.3. The number of aliphatic hydroxyl groups is 1. The molecule has 0 aromatic rings. The van der Waals surface area contributed by atoms with E-state index in [2.05, 4.69) is 32.6 Å². The molecule has 0 radical (unpaired) electrons. The van der Waals surface area contributed by atoms with Gasteiger partial charge in [0.25, 0.3) is 0 Å². The quantitative estimate of drug-likeness (QED) is 0.353. The molecule has 20 heavy (non-hydrogen) atoms. The van der Waals surface area contributed by atoms with Crippen molar-refractivity contribution in [3.63, 3.8) is 0 Å². The lowest BCUT2D eigenvalue weighted by Gasteiger charge is -2.36. The summed E-state index contributed by atoms with van der Waals surface area (Å²) < 4.78 is 11.7. The molecular formula is C16H30O3Si. The summed E-state index contributed by atoms with van der Waals surface area (Å²) >= 11 is 0. The highest BCUT2D eigenvalue weighted by Crippen LogP contribution is 2.50. The van der Waals surface area contributed by atoms with Gasteiger partial charge in [-0.05, 0) is 31.7 Å². The van der Waals surface area contributed by atoms with E-state index in [1.807, 2.05) is 0 Å². The molecule has 2 aliphatic carbocycles. The van der Waals surface area contributed by atoms with Gasteiger partial charge in [-0.15, -0.1) is 0 Å². The SMILES string of the molecule is C[C@]12CC[C@H](O)C=C1CC[C@@H]2OCOCC[Si](C)(C)C. The smallest absolute Gasteiger partial charge is 0.147 e. The molecule has 2 rings (SSSR count). The van der Waals surface area contributed by atoms with Crippen LogP contribution in [0.25, 0.3) is 0 Å². The van der Waals surface area contributed by atoms with Crippen LogP contribution in [0.4, 0.5) is 0 Å². The summed E-state index contributed by atoms with van der Waals surface area (Å²) in [7, 11) is -1.01. The normalized spacial score (nSPS) is 34.0. The van der Waals surface area contributed by atoms with Crippen LogP contribution in [0, 0.1) is 5.41 Å². The molecule has 3 nitrogen and oxygen atoms in total. The average molecular weight is 298 g/mol. The summed E-state index contributed by atoms with van der Waals surface area (Å²) in [6.45, 7) is 10.6. The zero-order chi connectivity index (χ0) is 14.8. The lowest BCUT2D eigenvalue weighted by atomic mass is 9.74. The van der Waals surface area contributed by atoms with E-state index in [1.165, 1.54) is 11.6 Å². The Labute approximate surface area is 124 Å². The minimum atomic E-state index is -1.01. The topological polar surface area (TPSA) is 38.7 Å². The zero-order valence-corrected chi connectivity index (χ0v) is 14.4. The third kappa shape index (κ3) is 3.94. The monoisotopic (exact) mass is 298 g/mol. The number of ether oxygens (including phenoxy) is 2. The van der Waals surface area contributed by atoms with Crippen LogP contribution in [0.15, 0.2) is 11.6 Å². The van der Waals surface area contributed by atoms with E-state index in [1.54, 1.807) is 0 Å².